The summed E-state index contributed by atoms with van der Waals surface area (Å²) < 4.78 is 2.53. The van der Waals surface area contributed by atoms with Gasteiger partial charge >= 0.3 is 0 Å². The third-order valence-corrected chi connectivity index (χ3v) is 14.6. The number of anilines is 6. The van der Waals surface area contributed by atoms with E-state index in [1.165, 1.54) is 50.0 Å². The zero-order valence-corrected chi connectivity index (χ0v) is 39.2. The first-order chi connectivity index (χ1) is 35.7. The topological polar surface area (TPSA) is 37.2 Å². The van der Waals surface area contributed by atoms with Crippen molar-refractivity contribution in [2.75, 3.05) is 9.80 Å². The Morgan fingerprint density at radius 2 is 0.778 bits per heavy atom. The monoisotopic (exact) mass is 919 g/mol. The van der Waals surface area contributed by atoms with Crippen molar-refractivity contribution >= 4 is 45.0 Å². The molecule has 0 fully saturated rings. The van der Waals surface area contributed by atoms with Crippen molar-refractivity contribution in [3.05, 3.63) is 296 Å². The van der Waals surface area contributed by atoms with E-state index in [2.05, 4.69) is 263 Å². The summed E-state index contributed by atoms with van der Waals surface area (Å²) in [4.78, 5) is 14.6. The lowest BCUT2D eigenvalue weighted by molar-refractivity contribution is 0.801. The standard InChI is InChI=1S/C67H45N5/c1-5-21-48(22-6-1)70(49-23-7-2-8-24-49)52-36-38-64-58(44-52)65-66(72(64)54-42-46(62-33-17-19-39-68-62)41-47(43-54)63-34-18-20-40-69-63)57-30-14-16-32-60(57)67(65)59-31-15-13-29-55(59)56-37-35-53(45-61(56)67)71(50-25-9-3-10-26-50)51-27-11-4-12-28-51/h1-45H. The fourth-order valence-corrected chi connectivity index (χ4v) is 11.7. The third kappa shape index (κ3) is 6.41. The predicted octanol–water partition coefficient (Wildman–Crippen LogP) is 17.0. The van der Waals surface area contributed by atoms with Gasteiger partial charge < -0.3 is 14.4 Å². The fourth-order valence-electron chi connectivity index (χ4n) is 11.7. The Kier molecular flexibility index (Phi) is 9.68. The molecule has 5 heteroatoms. The molecule has 2 aliphatic rings. The molecule has 12 aromatic rings. The summed E-state index contributed by atoms with van der Waals surface area (Å²) in [6, 6.07) is 94.5. The summed E-state index contributed by atoms with van der Waals surface area (Å²) in [7, 11) is 0. The highest BCUT2D eigenvalue weighted by Gasteiger charge is 2.54. The number of hydrogen-bond acceptors (Lipinski definition) is 4. The maximum atomic E-state index is 4.90. The Morgan fingerprint density at radius 1 is 0.333 bits per heavy atom. The number of pyridine rings is 2. The Hall–Kier alpha value is -9.58. The van der Waals surface area contributed by atoms with Crippen LogP contribution in [0.4, 0.5) is 34.1 Å². The lowest BCUT2D eigenvalue weighted by Gasteiger charge is -2.32. The molecule has 2 aliphatic carbocycles. The van der Waals surface area contributed by atoms with Gasteiger partial charge in [0.1, 0.15) is 0 Å². The van der Waals surface area contributed by atoms with Crippen LogP contribution in [0.15, 0.2) is 273 Å². The van der Waals surface area contributed by atoms with Gasteiger partial charge in [-0.15, -0.1) is 0 Å². The van der Waals surface area contributed by atoms with Crippen LogP contribution in [0.3, 0.4) is 0 Å². The van der Waals surface area contributed by atoms with Crippen LogP contribution in [0.5, 0.6) is 0 Å². The van der Waals surface area contributed by atoms with Crippen molar-refractivity contribution in [1.82, 2.24) is 14.5 Å². The molecule has 0 bridgehead atoms. The quantitative estimate of drug-likeness (QED) is 0.145. The van der Waals surface area contributed by atoms with Crippen LogP contribution >= 0.6 is 0 Å². The van der Waals surface area contributed by atoms with E-state index in [4.69, 9.17) is 9.97 Å². The summed E-state index contributed by atoms with van der Waals surface area (Å²) in [5.41, 5.74) is 21.7. The molecule has 0 N–H and O–H groups in total. The van der Waals surface area contributed by atoms with Crippen molar-refractivity contribution in [3.8, 4) is 50.6 Å². The highest BCUT2D eigenvalue weighted by Crippen LogP contribution is 2.66. The van der Waals surface area contributed by atoms with E-state index in [1.807, 2.05) is 24.5 Å². The minimum Gasteiger partial charge on any atom is -0.310 e. The van der Waals surface area contributed by atoms with E-state index in [9.17, 15) is 0 Å². The molecule has 3 heterocycles. The molecular weight excluding hydrogens is 875 g/mol. The maximum Gasteiger partial charge on any atom is 0.0748 e. The SMILES string of the molecule is c1ccc(N(c2ccccc2)c2ccc3c(c2)C2(c4ccccc4-3)c3ccccc3-c3c2c2cc(N(c4ccccc4)c4ccccc4)ccc2n3-c2cc(-c3ccccn3)cc(-c3ccccn3)c2)cc1. The van der Waals surface area contributed by atoms with Gasteiger partial charge in [-0.2, -0.15) is 0 Å². The van der Waals surface area contributed by atoms with Crippen LogP contribution < -0.4 is 9.80 Å². The zero-order valence-electron chi connectivity index (χ0n) is 39.2. The van der Waals surface area contributed by atoms with Crippen molar-refractivity contribution in [3.63, 3.8) is 0 Å². The third-order valence-electron chi connectivity index (χ3n) is 14.6. The van der Waals surface area contributed by atoms with E-state index in [1.54, 1.807) is 0 Å². The minimum absolute atomic E-state index is 0.707. The number of hydrogen-bond donors (Lipinski definition) is 0. The molecular formula is C67H45N5. The van der Waals surface area contributed by atoms with Gasteiger partial charge in [-0.25, -0.2) is 0 Å². The summed E-state index contributed by atoms with van der Waals surface area (Å²) in [5.74, 6) is 0. The Balaban J connectivity index is 1.12. The molecule has 72 heavy (non-hydrogen) atoms. The molecule has 338 valence electrons. The number of fused-ring (bicyclic) bond motifs is 12. The molecule has 1 spiro atoms. The first-order valence-electron chi connectivity index (χ1n) is 24.6. The Labute approximate surface area is 418 Å². The average molecular weight is 920 g/mol. The molecule has 0 saturated heterocycles. The number of nitrogens with zero attached hydrogens (tertiary/aromatic N) is 5. The van der Waals surface area contributed by atoms with Crippen LogP contribution in [0.2, 0.25) is 0 Å². The molecule has 3 aromatic heterocycles. The second-order valence-electron chi connectivity index (χ2n) is 18.5. The molecule has 5 nitrogen and oxygen atoms in total. The van der Waals surface area contributed by atoms with Crippen LogP contribution in [-0.4, -0.2) is 14.5 Å². The molecule has 14 rings (SSSR count). The highest BCUT2D eigenvalue weighted by molar-refractivity contribution is 6.07. The van der Waals surface area contributed by atoms with Crippen molar-refractivity contribution in [1.29, 1.82) is 0 Å². The van der Waals surface area contributed by atoms with Gasteiger partial charge in [0.25, 0.3) is 0 Å². The summed E-state index contributed by atoms with van der Waals surface area (Å²) in [6.07, 6.45) is 3.75. The van der Waals surface area contributed by atoms with E-state index in [0.29, 0.717) is 0 Å². The first-order valence-corrected chi connectivity index (χ1v) is 24.6. The molecule has 0 radical (unpaired) electrons. The number of aromatic nitrogens is 3. The van der Waals surface area contributed by atoms with Crippen molar-refractivity contribution in [2.45, 2.75) is 5.41 Å². The molecule has 1 atom stereocenters. The second kappa shape index (κ2) is 16.8. The largest absolute Gasteiger partial charge is 0.310 e. The maximum absolute atomic E-state index is 4.90. The van der Waals surface area contributed by atoms with E-state index >= 15 is 0 Å². The van der Waals surface area contributed by atoms with Gasteiger partial charge in [0.15, 0.2) is 0 Å². The van der Waals surface area contributed by atoms with Gasteiger partial charge in [0.2, 0.25) is 0 Å². The number of rotatable bonds is 9. The summed E-state index contributed by atoms with van der Waals surface area (Å²) >= 11 is 0. The molecule has 0 saturated carbocycles. The van der Waals surface area contributed by atoms with E-state index in [-0.39, 0.29) is 0 Å². The van der Waals surface area contributed by atoms with E-state index in [0.717, 1.165) is 67.8 Å². The van der Waals surface area contributed by atoms with Gasteiger partial charge in [-0.3, -0.25) is 9.97 Å². The van der Waals surface area contributed by atoms with Crippen LogP contribution in [0, 0.1) is 0 Å². The fraction of sp³-hybridized carbons (Fsp3) is 0.0149. The van der Waals surface area contributed by atoms with Gasteiger partial charge in [-0.05, 0) is 149 Å². The van der Waals surface area contributed by atoms with Crippen LogP contribution in [0.1, 0.15) is 22.3 Å². The van der Waals surface area contributed by atoms with Crippen molar-refractivity contribution < 1.29 is 0 Å². The average Bonchev–Trinajstić information content (AvgIpc) is 4.08. The van der Waals surface area contributed by atoms with E-state index < -0.39 is 5.41 Å². The smallest absolute Gasteiger partial charge is 0.0748 e. The number of para-hydroxylation sites is 4. The summed E-state index contributed by atoms with van der Waals surface area (Å²) in [5, 5.41) is 1.18. The normalized spacial score (nSPS) is 13.9. The van der Waals surface area contributed by atoms with Gasteiger partial charge in [0.05, 0.1) is 28.0 Å². The lowest BCUT2D eigenvalue weighted by Crippen LogP contribution is -2.26. The first kappa shape index (κ1) is 41.4. The zero-order chi connectivity index (χ0) is 47.6. The highest BCUT2D eigenvalue weighted by atomic mass is 15.1. The van der Waals surface area contributed by atoms with Crippen LogP contribution in [0.25, 0.3) is 61.5 Å². The number of benzene rings is 9. The second-order valence-corrected chi connectivity index (χ2v) is 18.5. The lowest BCUT2D eigenvalue weighted by atomic mass is 9.70. The predicted molar refractivity (Wildman–Crippen MR) is 295 cm³/mol. The van der Waals surface area contributed by atoms with Gasteiger partial charge in [-0.1, -0.05) is 140 Å². The molecule has 0 amide bonds. The van der Waals surface area contributed by atoms with Crippen LogP contribution in [-0.2, 0) is 5.41 Å². The Bertz CT molecular complexity index is 3830. The molecule has 0 aliphatic heterocycles. The molecule has 9 aromatic carbocycles. The minimum atomic E-state index is -0.707. The Morgan fingerprint density at radius 3 is 1.31 bits per heavy atom. The molecule has 1 unspecified atom stereocenters. The summed E-state index contributed by atoms with van der Waals surface area (Å²) in [6.45, 7) is 0. The van der Waals surface area contributed by atoms with Crippen molar-refractivity contribution in [2.24, 2.45) is 0 Å². The van der Waals surface area contributed by atoms with Gasteiger partial charge in [0, 0.05) is 79.8 Å².